The minimum atomic E-state index is -1.36. The number of benzene rings is 4. The van der Waals surface area contributed by atoms with Crippen molar-refractivity contribution >= 4 is 16.9 Å². The van der Waals surface area contributed by atoms with Crippen LogP contribution in [0.3, 0.4) is 0 Å². The molecule has 0 fully saturated rings. The fraction of sp³-hybridized carbons (Fsp3) is 0.250. The number of aliphatic hydroxyl groups excluding tert-OH is 1. The van der Waals surface area contributed by atoms with E-state index in [1.807, 2.05) is 122 Å². The molecule has 5 aromatic rings. The molecule has 9 heteroatoms. The van der Waals surface area contributed by atoms with E-state index in [1.165, 1.54) is 0 Å². The lowest BCUT2D eigenvalue weighted by atomic mass is 9.94. The van der Waals surface area contributed by atoms with Gasteiger partial charge in [-0.15, -0.1) is 0 Å². The van der Waals surface area contributed by atoms with Gasteiger partial charge in [0, 0.05) is 30.8 Å². The Morgan fingerprint density at radius 2 is 1.53 bits per heavy atom. The van der Waals surface area contributed by atoms with Crippen LogP contribution in [0.1, 0.15) is 60.4 Å². The Kier molecular flexibility index (Phi) is 10.2. The van der Waals surface area contributed by atoms with E-state index in [1.54, 1.807) is 13.2 Å². The van der Waals surface area contributed by atoms with Gasteiger partial charge in [0.15, 0.2) is 0 Å². The normalized spacial score (nSPS) is 15.0. The van der Waals surface area contributed by atoms with E-state index in [9.17, 15) is 14.1 Å². The number of fused-ring (bicyclic) bond motifs is 1. The Balaban J connectivity index is 1.33. The summed E-state index contributed by atoms with van der Waals surface area (Å²) >= 11 is 0. The molecular weight excluding hydrogens is 635 g/mol. The van der Waals surface area contributed by atoms with Gasteiger partial charge in [-0.2, -0.15) is 0 Å². The number of aliphatic hydroxyl groups is 1. The maximum Gasteiger partial charge on any atom is 0.270 e. The van der Waals surface area contributed by atoms with E-state index in [-0.39, 0.29) is 24.2 Å². The molecule has 49 heavy (non-hydrogen) atoms. The Labute approximate surface area is 290 Å². The van der Waals surface area contributed by atoms with Crippen LogP contribution in [0.4, 0.5) is 0 Å². The Bertz CT molecular complexity index is 1960. The number of hydrogen-bond donors (Lipinski definition) is 2. The van der Waals surface area contributed by atoms with Crippen molar-refractivity contribution in [3.05, 3.63) is 132 Å². The zero-order valence-corrected chi connectivity index (χ0v) is 29.0. The standard InChI is InChI=1S/C40H41N3O5S/c1-40(2,3)49(46)43-26-31-24-35(39(45)41-25-27-16-18-33(19-17-27)48-32-13-6-5-7-14-32)42-38(37(31)36(43)20-21-44)30-12-8-10-28(22-30)29-11-9-15-34(23-29)47-4/h5-19,22-24,36,44H,20-21,25-26H2,1-4H3,(H,41,45)/t36-,49-/m0/s1. The fourth-order valence-corrected chi connectivity index (χ4v) is 7.43. The molecule has 1 aliphatic rings. The van der Waals surface area contributed by atoms with Gasteiger partial charge in [0.25, 0.3) is 5.91 Å². The van der Waals surface area contributed by atoms with Gasteiger partial charge in [-0.3, -0.25) is 4.79 Å². The lowest BCUT2D eigenvalue weighted by molar-refractivity contribution is 0.0946. The summed E-state index contributed by atoms with van der Waals surface area (Å²) in [4.78, 5) is 18.7. The average molecular weight is 676 g/mol. The molecule has 0 saturated carbocycles. The number of nitrogens with one attached hydrogen (secondary N) is 1. The minimum absolute atomic E-state index is 0.0807. The summed E-state index contributed by atoms with van der Waals surface area (Å²) in [6.45, 7) is 6.42. The van der Waals surface area contributed by atoms with Gasteiger partial charge in [0.1, 0.15) is 33.9 Å². The molecule has 1 aliphatic heterocycles. The monoisotopic (exact) mass is 675 g/mol. The highest BCUT2D eigenvalue weighted by Gasteiger charge is 2.40. The van der Waals surface area contributed by atoms with Crippen LogP contribution in [0.25, 0.3) is 22.4 Å². The lowest BCUT2D eigenvalue weighted by Gasteiger charge is -2.30. The van der Waals surface area contributed by atoms with Gasteiger partial charge in [-0.25, -0.2) is 13.5 Å². The third-order valence-corrected chi connectivity index (χ3v) is 10.3. The van der Waals surface area contributed by atoms with Crippen molar-refractivity contribution in [2.24, 2.45) is 0 Å². The van der Waals surface area contributed by atoms with Gasteiger partial charge in [-0.1, -0.05) is 60.7 Å². The highest BCUT2D eigenvalue weighted by Crippen LogP contribution is 2.44. The molecule has 0 radical (unpaired) electrons. The minimum Gasteiger partial charge on any atom is -0.497 e. The highest BCUT2D eigenvalue weighted by atomic mass is 32.2. The van der Waals surface area contributed by atoms with Crippen LogP contribution in [-0.2, 0) is 24.1 Å². The smallest absolute Gasteiger partial charge is 0.270 e. The van der Waals surface area contributed by atoms with Gasteiger partial charge in [0.05, 0.1) is 23.6 Å². The zero-order chi connectivity index (χ0) is 34.5. The van der Waals surface area contributed by atoms with Crippen LogP contribution in [-0.4, -0.2) is 43.0 Å². The van der Waals surface area contributed by atoms with E-state index in [0.29, 0.717) is 31.0 Å². The predicted octanol–water partition coefficient (Wildman–Crippen LogP) is 7.85. The number of ether oxygens (including phenoxy) is 2. The van der Waals surface area contributed by atoms with Crippen LogP contribution < -0.4 is 14.8 Å². The number of hydrogen-bond acceptors (Lipinski definition) is 6. The summed E-state index contributed by atoms with van der Waals surface area (Å²) in [5, 5.41) is 13.2. The van der Waals surface area contributed by atoms with Crippen molar-refractivity contribution in [1.29, 1.82) is 0 Å². The second-order valence-corrected chi connectivity index (χ2v) is 15.1. The summed E-state index contributed by atoms with van der Waals surface area (Å²) in [6.07, 6.45) is 0.384. The number of carbonyl (C=O) groups is 1. The third kappa shape index (κ3) is 7.75. The van der Waals surface area contributed by atoms with Gasteiger partial charge in [0.2, 0.25) is 0 Å². The van der Waals surface area contributed by atoms with Crippen molar-refractivity contribution in [3.63, 3.8) is 0 Å². The molecule has 0 saturated heterocycles. The van der Waals surface area contributed by atoms with E-state index in [2.05, 4.69) is 11.4 Å². The molecular formula is C40H41N3O5S. The highest BCUT2D eigenvalue weighted by molar-refractivity contribution is 7.84. The summed E-state index contributed by atoms with van der Waals surface area (Å²) in [7, 11) is 0.278. The van der Waals surface area contributed by atoms with Crippen LogP contribution in [0.5, 0.6) is 17.2 Å². The van der Waals surface area contributed by atoms with Gasteiger partial charge < -0.3 is 19.9 Å². The van der Waals surface area contributed by atoms with Crippen molar-refractivity contribution in [2.45, 2.75) is 51.1 Å². The fourth-order valence-electron chi connectivity index (χ4n) is 6.03. The first-order valence-corrected chi connectivity index (χ1v) is 17.4. The number of nitrogens with zero attached hydrogens (tertiary/aromatic N) is 2. The first kappa shape index (κ1) is 34.0. The number of aromatic nitrogens is 1. The van der Waals surface area contributed by atoms with Gasteiger partial charge in [-0.05, 0) is 98.0 Å². The molecule has 4 aromatic carbocycles. The molecule has 2 N–H and O–H groups in total. The van der Waals surface area contributed by atoms with Crippen LogP contribution in [0.2, 0.25) is 0 Å². The lowest BCUT2D eigenvalue weighted by Crippen LogP contribution is -2.36. The molecule has 6 rings (SSSR count). The Morgan fingerprint density at radius 1 is 0.878 bits per heavy atom. The number of rotatable bonds is 11. The zero-order valence-electron chi connectivity index (χ0n) is 28.2. The predicted molar refractivity (Wildman–Crippen MR) is 194 cm³/mol. The topological polar surface area (TPSA) is 101 Å². The number of carbonyl (C=O) groups excluding carboxylic acids is 1. The molecule has 2 heterocycles. The second-order valence-electron chi connectivity index (χ2n) is 12.9. The van der Waals surface area contributed by atoms with E-state index in [4.69, 9.17) is 14.5 Å². The van der Waals surface area contributed by atoms with Crippen LogP contribution >= 0.6 is 0 Å². The summed E-state index contributed by atoms with van der Waals surface area (Å²) in [6, 6.07) is 34.5. The van der Waals surface area contributed by atoms with E-state index in [0.717, 1.165) is 44.9 Å². The van der Waals surface area contributed by atoms with Crippen LogP contribution in [0, 0.1) is 0 Å². The molecule has 0 spiro atoms. The quantitative estimate of drug-likeness (QED) is 0.148. The van der Waals surface area contributed by atoms with Crippen molar-refractivity contribution < 1.29 is 23.6 Å². The number of amides is 1. The third-order valence-electron chi connectivity index (χ3n) is 8.42. The molecule has 2 atom stereocenters. The summed E-state index contributed by atoms with van der Waals surface area (Å²) in [5.74, 6) is 1.90. The van der Waals surface area contributed by atoms with E-state index < -0.39 is 15.7 Å². The summed E-state index contributed by atoms with van der Waals surface area (Å²) in [5.41, 5.74) is 6.36. The van der Waals surface area contributed by atoms with Crippen LogP contribution in [0.15, 0.2) is 109 Å². The molecule has 252 valence electrons. The first-order valence-electron chi connectivity index (χ1n) is 16.3. The van der Waals surface area contributed by atoms with Crippen molar-refractivity contribution in [1.82, 2.24) is 14.6 Å². The Hall–Kier alpha value is -4.83. The number of pyridine rings is 1. The SMILES string of the molecule is COc1cccc(-c2cccc(-c3nc(C(=O)NCc4ccc(Oc5ccccc5)cc4)cc4c3[C@H](CCO)N([S@@](=O)C(C)(C)C)C4)c2)c1. The number of methoxy groups -OCH3 is 1. The summed E-state index contributed by atoms with van der Waals surface area (Å²) < 4.78 is 26.6. The number of para-hydroxylation sites is 1. The molecule has 0 unspecified atom stereocenters. The molecule has 0 aliphatic carbocycles. The van der Waals surface area contributed by atoms with E-state index >= 15 is 0 Å². The maximum absolute atomic E-state index is 13.8. The van der Waals surface area contributed by atoms with Crippen molar-refractivity contribution in [2.75, 3.05) is 13.7 Å². The molecule has 8 nitrogen and oxygen atoms in total. The second kappa shape index (κ2) is 14.7. The maximum atomic E-state index is 13.8. The van der Waals surface area contributed by atoms with Gasteiger partial charge >= 0.3 is 0 Å². The van der Waals surface area contributed by atoms with Crippen molar-refractivity contribution in [3.8, 4) is 39.6 Å². The molecule has 1 amide bonds. The largest absolute Gasteiger partial charge is 0.497 e. The molecule has 1 aromatic heterocycles. The first-order chi connectivity index (χ1) is 23.6. The average Bonchev–Trinajstić information content (AvgIpc) is 3.48. The molecule has 0 bridgehead atoms. The Morgan fingerprint density at radius 3 is 2.22 bits per heavy atom.